The van der Waals surface area contributed by atoms with Crippen molar-refractivity contribution in [2.75, 3.05) is 33.4 Å². The molecule has 0 aromatic heterocycles. The van der Waals surface area contributed by atoms with E-state index < -0.39 is 0 Å². The molecule has 0 atom stereocenters. The van der Waals surface area contributed by atoms with Gasteiger partial charge in [-0.1, -0.05) is 17.7 Å². The van der Waals surface area contributed by atoms with Crippen LogP contribution in [0.15, 0.2) is 18.2 Å². The van der Waals surface area contributed by atoms with Crippen LogP contribution in [-0.4, -0.2) is 44.0 Å². The van der Waals surface area contributed by atoms with Crippen LogP contribution >= 0.6 is 0 Å². The lowest BCUT2D eigenvalue weighted by molar-refractivity contribution is 0.0809. The normalized spacial score (nSPS) is 17.4. The number of methoxy groups -OCH3 is 1. The molecule has 1 aliphatic heterocycles. The maximum absolute atomic E-state index is 12.4. The number of piperidine rings is 1. The van der Waals surface area contributed by atoms with Crippen LogP contribution in [0.25, 0.3) is 0 Å². The Balaban J connectivity index is 1.91. The number of ketones is 1. The molecule has 1 heterocycles. The summed E-state index contributed by atoms with van der Waals surface area (Å²) in [6.45, 7) is 7.45. The highest BCUT2D eigenvalue weighted by Crippen LogP contribution is 2.18. The smallest absolute Gasteiger partial charge is 0.177 e. The molecule has 1 aliphatic rings. The largest absolute Gasteiger partial charge is 0.384 e. The van der Waals surface area contributed by atoms with Gasteiger partial charge in [-0.05, 0) is 57.3 Å². The molecular weight excluding hydrogens is 250 g/mol. The lowest BCUT2D eigenvalue weighted by Gasteiger charge is -2.31. The molecule has 3 nitrogen and oxygen atoms in total. The van der Waals surface area contributed by atoms with Crippen LogP contribution in [0.4, 0.5) is 0 Å². The summed E-state index contributed by atoms with van der Waals surface area (Å²) in [5, 5.41) is 0. The quantitative estimate of drug-likeness (QED) is 0.774. The second-order valence-electron chi connectivity index (χ2n) is 5.92. The minimum Gasteiger partial charge on any atom is -0.384 e. The molecule has 1 aromatic carbocycles. The fraction of sp³-hybridized carbons (Fsp3) is 0.588. The van der Waals surface area contributed by atoms with Gasteiger partial charge >= 0.3 is 0 Å². The molecule has 1 saturated heterocycles. The van der Waals surface area contributed by atoms with Gasteiger partial charge in [0.25, 0.3) is 0 Å². The van der Waals surface area contributed by atoms with Crippen molar-refractivity contribution in [2.45, 2.75) is 26.7 Å². The van der Waals surface area contributed by atoms with Crippen molar-refractivity contribution in [1.82, 2.24) is 4.90 Å². The Bertz CT molecular complexity index is 462. The maximum atomic E-state index is 12.4. The summed E-state index contributed by atoms with van der Waals surface area (Å²) in [5.74, 6) is 0.906. The average molecular weight is 275 g/mol. The second kappa shape index (κ2) is 7.00. The number of carbonyl (C=O) groups is 1. The van der Waals surface area contributed by atoms with E-state index in [1.54, 1.807) is 7.11 Å². The van der Waals surface area contributed by atoms with Crippen LogP contribution in [0, 0.1) is 19.8 Å². The van der Waals surface area contributed by atoms with Gasteiger partial charge in [-0.15, -0.1) is 0 Å². The van der Waals surface area contributed by atoms with Crippen molar-refractivity contribution in [2.24, 2.45) is 5.92 Å². The Labute approximate surface area is 121 Å². The number of hydrogen-bond acceptors (Lipinski definition) is 3. The van der Waals surface area contributed by atoms with Gasteiger partial charge in [0.2, 0.25) is 0 Å². The molecule has 20 heavy (non-hydrogen) atoms. The summed E-state index contributed by atoms with van der Waals surface area (Å²) in [7, 11) is 1.76. The van der Waals surface area contributed by atoms with Crippen molar-refractivity contribution in [1.29, 1.82) is 0 Å². The minimum atomic E-state index is 0.247. The van der Waals surface area contributed by atoms with Gasteiger partial charge in [-0.25, -0.2) is 0 Å². The zero-order chi connectivity index (χ0) is 14.5. The molecule has 0 aliphatic carbocycles. The molecular formula is C17H25NO2. The number of hydrogen-bond donors (Lipinski definition) is 0. The van der Waals surface area contributed by atoms with Crippen molar-refractivity contribution in [3.8, 4) is 0 Å². The van der Waals surface area contributed by atoms with E-state index in [9.17, 15) is 4.79 Å². The van der Waals surface area contributed by atoms with Crippen molar-refractivity contribution >= 4 is 5.78 Å². The average Bonchev–Trinajstić information content (AvgIpc) is 2.44. The first-order valence-corrected chi connectivity index (χ1v) is 7.42. The lowest BCUT2D eigenvalue weighted by Crippen LogP contribution is -2.38. The summed E-state index contributed by atoms with van der Waals surface area (Å²) in [6.07, 6.45) is 2.27. The number of nitrogens with zero attached hydrogens (tertiary/aromatic N) is 1. The molecule has 0 radical (unpaired) electrons. The lowest BCUT2D eigenvalue weighted by atomic mass is 9.96. The van der Waals surface area contributed by atoms with Gasteiger partial charge in [-0.2, -0.15) is 0 Å². The van der Waals surface area contributed by atoms with Crippen LogP contribution in [0.3, 0.4) is 0 Å². The van der Waals surface area contributed by atoms with Gasteiger partial charge in [0.05, 0.1) is 6.54 Å². The summed E-state index contributed by atoms with van der Waals surface area (Å²) < 4.78 is 5.21. The van der Waals surface area contributed by atoms with Crippen LogP contribution in [0.2, 0.25) is 0 Å². The van der Waals surface area contributed by atoms with E-state index >= 15 is 0 Å². The minimum absolute atomic E-state index is 0.247. The van der Waals surface area contributed by atoms with E-state index in [0.717, 1.165) is 49.2 Å². The van der Waals surface area contributed by atoms with Gasteiger partial charge in [0.1, 0.15) is 0 Å². The molecule has 1 fully saturated rings. The van der Waals surface area contributed by atoms with Gasteiger partial charge < -0.3 is 4.74 Å². The Morgan fingerprint density at radius 3 is 2.65 bits per heavy atom. The molecule has 0 unspecified atom stereocenters. The highest BCUT2D eigenvalue weighted by molar-refractivity contribution is 5.99. The topological polar surface area (TPSA) is 29.5 Å². The first kappa shape index (κ1) is 15.2. The van der Waals surface area contributed by atoms with E-state index in [4.69, 9.17) is 4.74 Å². The summed E-state index contributed by atoms with van der Waals surface area (Å²) in [6, 6.07) is 6.10. The van der Waals surface area contributed by atoms with E-state index in [-0.39, 0.29) is 5.78 Å². The molecule has 0 bridgehead atoms. The van der Waals surface area contributed by atoms with Crippen LogP contribution < -0.4 is 0 Å². The fourth-order valence-electron chi connectivity index (χ4n) is 2.87. The zero-order valence-electron chi connectivity index (χ0n) is 12.8. The fourth-order valence-corrected chi connectivity index (χ4v) is 2.87. The molecule has 3 heteroatoms. The van der Waals surface area contributed by atoms with Crippen molar-refractivity contribution in [3.63, 3.8) is 0 Å². The predicted octanol–water partition coefficient (Wildman–Crippen LogP) is 2.84. The molecule has 2 rings (SSSR count). The first-order valence-electron chi connectivity index (χ1n) is 7.42. The molecule has 110 valence electrons. The third-order valence-corrected chi connectivity index (χ3v) is 4.17. The number of likely N-dealkylation sites (tertiary alicyclic amines) is 1. The predicted molar refractivity (Wildman–Crippen MR) is 81.3 cm³/mol. The molecule has 0 spiro atoms. The number of ether oxygens (including phenoxy) is 1. The van der Waals surface area contributed by atoms with E-state index in [2.05, 4.69) is 11.0 Å². The van der Waals surface area contributed by atoms with E-state index in [1.807, 2.05) is 26.0 Å². The Hall–Kier alpha value is -1.19. The highest BCUT2D eigenvalue weighted by Gasteiger charge is 2.21. The first-order chi connectivity index (χ1) is 9.60. The van der Waals surface area contributed by atoms with E-state index in [0.29, 0.717) is 12.5 Å². The number of carbonyl (C=O) groups excluding carboxylic acids is 1. The highest BCUT2D eigenvalue weighted by atomic mass is 16.5. The Kier molecular flexibility index (Phi) is 5.32. The van der Waals surface area contributed by atoms with E-state index in [1.165, 1.54) is 0 Å². The summed E-state index contributed by atoms with van der Waals surface area (Å²) in [4.78, 5) is 14.7. The monoisotopic (exact) mass is 275 g/mol. The number of benzene rings is 1. The standard InChI is InChI=1S/C17H25NO2/c1-13-4-5-14(2)16(10-13)17(19)11-18-8-6-15(7-9-18)12-20-3/h4-5,10,15H,6-9,11-12H2,1-3H3. The third-order valence-electron chi connectivity index (χ3n) is 4.17. The molecule has 0 N–H and O–H groups in total. The Morgan fingerprint density at radius 1 is 1.30 bits per heavy atom. The van der Waals surface area contributed by atoms with Crippen LogP contribution in [0.1, 0.15) is 34.3 Å². The number of aryl methyl sites for hydroxylation is 2. The van der Waals surface area contributed by atoms with Crippen LogP contribution in [0.5, 0.6) is 0 Å². The van der Waals surface area contributed by atoms with Crippen LogP contribution in [-0.2, 0) is 4.74 Å². The number of rotatable bonds is 5. The third kappa shape index (κ3) is 3.90. The molecule has 1 aromatic rings. The SMILES string of the molecule is COCC1CCN(CC(=O)c2cc(C)ccc2C)CC1. The number of Topliss-reactive ketones (excluding diaryl/α,β-unsaturated/α-hetero) is 1. The van der Waals surface area contributed by atoms with Crippen molar-refractivity contribution < 1.29 is 9.53 Å². The molecule has 0 amide bonds. The maximum Gasteiger partial charge on any atom is 0.177 e. The molecule has 0 saturated carbocycles. The second-order valence-corrected chi connectivity index (χ2v) is 5.92. The van der Waals surface area contributed by atoms with Gasteiger partial charge in [-0.3, -0.25) is 9.69 Å². The van der Waals surface area contributed by atoms with Gasteiger partial charge in [0, 0.05) is 19.3 Å². The van der Waals surface area contributed by atoms with Crippen molar-refractivity contribution in [3.05, 3.63) is 34.9 Å². The summed E-state index contributed by atoms with van der Waals surface area (Å²) >= 11 is 0. The summed E-state index contributed by atoms with van der Waals surface area (Å²) in [5.41, 5.74) is 3.11. The zero-order valence-corrected chi connectivity index (χ0v) is 12.8. The Morgan fingerprint density at radius 2 is 2.00 bits per heavy atom. The van der Waals surface area contributed by atoms with Gasteiger partial charge in [0.15, 0.2) is 5.78 Å².